The maximum Gasteiger partial charge on any atom is 0.159 e. The van der Waals surface area contributed by atoms with Crippen molar-refractivity contribution in [1.29, 1.82) is 0 Å². The Bertz CT molecular complexity index is 171. The van der Waals surface area contributed by atoms with Crippen molar-refractivity contribution >= 4 is 0 Å². The predicted molar refractivity (Wildman–Crippen MR) is 52.0 cm³/mol. The number of likely N-dealkylation sites (tertiary alicyclic amines) is 1. The molecule has 82 valence electrons. The van der Waals surface area contributed by atoms with Crippen LogP contribution in [0.1, 0.15) is 19.3 Å². The van der Waals surface area contributed by atoms with Crippen LogP contribution in [0.5, 0.6) is 0 Å². The second-order valence-electron chi connectivity index (χ2n) is 4.04. The molecule has 2 aliphatic rings. The van der Waals surface area contributed by atoms with Crippen molar-refractivity contribution in [3.05, 3.63) is 0 Å². The van der Waals surface area contributed by atoms with Crippen molar-refractivity contribution < 1.29 is 14.6 Å². The van der Waals surface area contributed by atoms with Gasteiger partial charge in [-0.05, 0) is 25.9 Å². The molecule has 4 heteroatoms. The molecule has 0 bridgehead atoms. The first-order chi connectivity index (χ1) is 6.88. The van der Waals surface area contributed by atoms with Crippen LogP contribution >= 0.6 is 0 Å². The summed E-state index contributed by atoms with van der Waals surface area (Å²) in [6.45, 7) is 4.11. The van der Waals surface area contributed by atoms with Gasteiger partial charge < -0.3 is 19.5 Å². The highest BCUT2D eigenvalue weighted by molar-refractivity contribution is 4.69. The monoisotopic (exact) mass is 201 g/mol. The number of hydrogen-bond donors (Lipinski definition) is 1. The molecular formula is C10H19NO3. The van der Waals surface area contributed by atoms with Crippen molar-refractivity contribution in [3.63, 3.8) is 0 Å². The average molecular weight is 201 g/mol. The third-order valence-electron chi connectivity index (χ3n) is 2.90. The van der Waals surface area contributed by atoms with Gasteiger partial charge >= 0.3 is 0 Å². The van der Waals surface area contributed by atoms with Crippen LogP contribution in [0, 0.1) is 0 Å². The number of rotatable bonds is 4. The molecule has 2 heterocycles. The van der Waals surface area contributed by atoms with Gasteiger partial charge in [0, 0.05) is 13.0 Å². The first kappa shape index (κ1) is 10.4. The first-order valence-electron chi connectivity index (χ1n) is 5.49. The van der Waals surface area contributed by atoms with E-state index >= 15 is 0 Å². The van der Waals surface area contributed by atoms with Gasteiger partial charge in [0.25, 0.3) is 0 Å². The highest BCUT2D eigenvalue weighted by atomic mass is 16.7. The summed E-state index contributed by atoms with van der Waals surface area (Å²) >= 11 is 0. The van der Waals surface area contributed by atoms with Crippen molar-refractivity contribution in [2.24, 2.45) is 0 Å². The van der Waals surface area contributed by atoms with Crippen molar-refractivity contribution in [2.45, 2.75) is 31.7 Å². The molecule has 0 saturated carbocycles. The van der Waals surface area contributed by atoms with E-state index in [2.05, 4.69) is 4.90 Å². The van der Waals surface area contributed by atoms with Crippen molar-refractivity contribution in [1.82, 2.24) is 4.90 Å². The molecular weight excluding hydrogens is 182 g/mol. The van der Waals surface area contributed by atoms with Crippen LogP contribution < -0.4 is 0 Å². The van der Waals surface area contributed by atoms with E-state index in [0.717, 1.165) is 13.0 Å². The summed E-state index contributed by atoms with van der Waals surface area (Å²) in [7, 11) is 0. The molecule has 0 aromatic rings. The Kier molecular flexibility index (Phi) is 3.75. The van der Waals surface area contributed by atoms with Gasteiger partial charge in [-0.15, -0.1) is 0 Å². The molecule has 2 saturated heterocycles. The van der Waals surface area contributed by atoms with E-state index in [0.29, 0.717) is 6.61 Å². The summed E-state index contributed by atoms with van der Waals surface area (Å²) in [6, 6.07) is 0. The quantitative estimate of drug-likeness (QED) is 0.706. The smallest absolute Gasteiger partial charge is 0.159 e. The molecule has 4 nitrogen and oxygen atoms in total. The van der Waals surface area contributed by atoms with Gasteiger partial charge in [-0.2, -0.15) is 0 Å². The molecule has 2 aliphatic heterocycles. The Hall–Kier alpha value is -0.160. The fourth-order valence-electron chi connectivity index (χ4n) is 2.05. The molecule has 0 aromatic carbocycles. The first-order valence-corrected chi connectivity index (χ1v) is 5.49. The van der Waals surface area contributed by atoms with Gasteiger partial charge in [-0.25, -0.2) is 0 Å². The number of aliphatic hydroxyl groups excluding tert-OH is 1. The van der Waals surface area contributed by atoms with E-state index in [4.69, 9.17) is 14.6 Å². The van der Waals surface area contributed by atoms with E-state index < -0.39 is 0 Å². The van der Waals surface area contributed by atoms with Crippen LogP contribution in [0.4, 0.5) is 0 Å². The minimum Gasteiger partial charge on any atom is -0.394 e. The summed E-state index contributed by atoms with van der Waals surface area (Å²) in [5, 5.41) is 8.85. The van der Waals surface area contributed by atoms with Crippen LogP contribution in [0.3, 0.4) is 0 Å². The number of aliphatic hydroxyl groups is 1. The van der Waals surface area contributed by atoms with Gasteiger partial charge in [0.2, 0.25) is 0 Å². The second kappa shape index (κ2) is 5.07. The molecule has 0 aromatic heterocycles. The van der Waals surface area contributed by atoms with Gasteiger partial charge in [-0.1, -0.05) is 0 Å². The summed E-state index contributed by atoms with van der Waals surface area (Å²) in [4.78, 5) is 2.44. The largest absolute Gasteiger partial charge is 0.394 e. The van der Waals surface area contributed by atoms with E-state index in [1.54, 1.807) is 0 Å². The average Bonchev–Trinajstić information content (AvgIpc) is 2.86. The van der Waals surface area contributed by atoms with E-state index in [1.807, 2.05) is 0 Å². The van der Waals surface area contributed by atoms with E-state index in [-0.39, 0.29) is 19.0 Å². The molecule has 2 atom stereocenters. The molecule has 1 N–H and O–H groups in total. The Morgan fingerprint density at radius 2 is 2.07 bits per heavy atom. The fourth-order valence-corrected chi connectivity index (χ4v) is 2.05. The zero-order valence-electron chi connectivity index (χ0n) is 8.52. The van der Waals surface area contributed by atoms with E-state index in [1.165, 1.54) is 25.9 Å². The number of nitrogens with zero attached hydrogens (tertiary/aromatic N) is 1. The Balaban J connectivity index is 1.61. The lowest BCUT2D eigenvalue weighted by atomic mass is 10.4. The normalized spacial score (nSPS) is 34.1. The predicted octanol–water partition coefficient (Wildman–Crippen LogP) is 0.206. The van der Waals surface area contributed by atoms with Crippen LogP contribution in [-0.2, 0) is 9.47 Å². The van der Waals surface area contributed by atoms with Crippen molar-refractivity contribution in [2.75, 3.05) is 32.8 Å². The minimum atomic E-state index is -0.0985. The van der Waals surface area contributed by atoms with Gasteiger partial charge in [0.05, 0.1) is 13.2 Å². The summed E-state index contributed by atoms with van der Waals surface area (Å²) in [5.41, 5.74) is 0. The third-order valence-corrected chi connectivity index (χ3v) is 2.90. The topological polar surface area (TPSA) is 41.9 Å². The molecule has 2 rings (SSSR count). The molecule has 0 aliphatic carbocycles. The SMILES string of the molecule is OCC1COC(CCN2CCCC2)O1. The standard InChI is InChI=1S/C10H19NO3/c12-7-9-8-13-10(14-9)3-6-11-4-1-2-5-11/h9-10,12H,1-8H2. The molecule has 2 unspecified atom stereocenters. The zero-order valence-corrected chi connectivity index (χ0v) is 8.52. The highest BCUT2D eigenvalue weighted by Gasteiger charge is 2.25. The van der Waals surface area contributed by atoms with Crippen LogP contribution in [-0.4, -0.2) is 55.2 Å². The lowest BCUT2D eigenvalue weighted by molar-refractivity contribution is -0.0722. The van der Waals surface area contributed by atoms with Gasteiger partial charge in [0.15, 0.2) is 6.29 Å². The van der Waals surface area contributed by atoms with Crippen LogP contribution in [0.15, 0.2) is 0 Å². The maximum atomic E-state index is 8.85. The minimum absolute atomic E-state index is 0.0697. The number of ether oxygens (including phenoxy) is 2. The zero-order chi connectivity index (χ0) is 9.80. The molecule has 14 heavy (non-hydrogen) atoms. The lowest BCUT2D eigenvalue weighted by Crippen LogP contribution is -2.25. The Labute approximate surface area is 84.8 Å². The fraction of sp³-hybridized carbons (Fsp3) is 1.00. The highest BCUT2D eigenvalue weighted by Crippen LogP contribution is 2.16. The lowest BCUT2D eigenvalue weighted by Gasteiger charge is -2.17. The summed E-state index contributed by atoms with van der Waals surface area (Å²) in [5.74, 6) is 0. The molecule has 0 radical (unpaired) electrons. The van der Waals surface area contributed by atoms with Crippen LogP contribution in [0.25, 0.3) is 0 Å². The Morgan fingerprint density at radius 1 is 1.29 bits per heavy atom. The number of hydrogen-bond acceptors (Lipinski definition) is 4. The molecule has 0 amide bonds. The van der Waals surface area contributed by atoms with E-state index in [9.17, 15) is 0 Å². The van der Waals surface area contributed by atoms with Crippen molar-refractivity contribution in [3.8, 4) is 0 Å². The third kappa shape index (κ3) is 2.67. The maximum absolute atomic E-state index is 8.85. The van der Waals surface area contributed by atoms with Crippen LogP contribution in [0.2, 0.25) is 0 Å². The molecule has 2 fully saturated rings. The second-order valence-corrected chi connectivity index (χ2v) is 4.04. The molecule has 0 spiro atoms. The van der Waals surface area contributed by atoms with Gasteiger partial charge in [0.1, 0.15) is 6.10 Å². The van der Waals surface area contributed by atoms with Gasteiger partial charge in [-0.3, -0.25) is 0 Å². The summed E-state index contributed by atoms with van der Waals surface area (Å²) in [6.07, 6.45) is 3.39. The summed E-state index contributed by atoms with van der Waals surface area (Å²) < 4.78 is 10.9. The Morgan fingerprint density at radius 3 is 2.71 bits per heavy atom.